The third kappa shape index (κ3) is 3.58. The summed E-state index contributed by atoms with van der Waals surface area (Å²) in [5.41, 5.74) is 3.23. The summed E-state index contributed by atoms with van der Waals surface area (Å²) >= 11 is 0. The molecule has 2 atom stereocenters. The molecule has 0 radical (unpaired) electrons. The van der Waals surface area contributed by atoms with Gasteiger partial charge in [0.25, 0.3) is 0 Å². The van der Waals surface area contributed by atoms with Gasteiger partial charge in [0.2, 0.25) is 5.95 Å². The maximum atomic E-state index is 5.90. The minimum Gasteiger partial charge on any atom is -0.373 e. The SMILES string of the molecule is Cc1cc(C)nc(NC2CCOC(c3ccccc3)C2)n1. The van der Waals surface area contributed by atoms with Crippen molar-refractivity contribution in [1.82, 2.24) is 9.97 Å². The number of nitrogens with zero attached hydrogens (tertiary/aromatic N) is 2. The Labute approximate surface area is 125 Å². The van der Waals surface area contributed by atoms with Gasteiger partial charge in [0.15, 0.2) is 0 Å². The highest BCUT2D eigenvalue weighted by molar-refractivity contribution is 5.30. The van der Waals surface area contributed by atoms with Crippen molar-refractivity contribution in [1.29, 1.82) is 0 Å². The lowest BCUT2D eigenvalue weighted by atomic mass is 9.97. The Kier molecular flexibility index (Phi) is 4.15. The zero-order chi connectivity index (χ0) is 14.7. The summed E-state index contributed by atoms with van der Waals surface area (Å²) in [7, 11) is 0. The Morgan fingerprint density at radius 3 is 2.52 bits per heavy atom. The monoisotopic (exact) mass is 283 g/mol. The molecule has 4 nitrogen and oxygen atoms in total. The minimum atomic E-state index is 0.156. The average molecular weight is 283 g/mol. The fourth-order valence-electron chi connectivity index (χ4n) is 2.80. The van der Waals surface area contributed by atoms with Crippen molar-refractivity contribution in [3.63, 3.8) is 0 Å². The van der Waals surface area contributed by atoms with Gasteiger partial charge in [0.1, 0.15) is 0 Å². The summed E-state index contributed by atoms with van der Waals surface area (Å²) < 4.78 is 5.90. The minimum absolute atomic E-state index is 0.156. The number of ether oxygens (including phenoxy) is 1. The Morgan fingerprint density at radius 1 is 1.10 bits per heavy atom. The highest BCUT2D eigenvalue weighted by Crippen LogP contribution is 2.29. The van der Waals surface area contributed by atoms with E-state index in [-0.39, 0.29) is 6.10 Å². The number of anilines is 1. The van der Waals surface area contributed by atoms with E-state index >= 15 is 0 Å². The number of aryl methyl sites for hydroxylation is 2. The van der Waals surface area contributed by atoms with Crippen LogP contribution in [0.25, 0.3) is 0 Å². The topological polar surface area (TPSA) is 47.0 Å². The smallest absolute Gasteiger partial charge is 0.223 e. The summed E-state index contributed by atoms with van der Waals surface area (Å²) in [6, 6.07) is 12.7. The second-order valence-electron chi connectivity index (χ2n) is 5.61. The van der Waals surface area contributed by atoms with Crippen LogP contribution in [0.5, 0.6) is 0 Å². The zero-order valence-electron chi connectivity index (χ0n) is 12.5. The van der Waals surface area contributed by atoms with Crippen LogP contribution in [0, 0.1) is 13.8 Å². The van der Waals surface area contributed by atoms with Crippen LogP contribution in [0.2, 0.25) is 0 Å². The molecule has 1 aliphatic rings. The van der Waals surface area contributed by atoms with Crippen molar-refractivity contribution in [3.8, 4) is 0 Å². The molecule has 2 aromatic rings. The van der Waals surface area contributed by atoms with Gasteiger partial charge in [-0.15, -0.1) is 0 Å². The predicted octanol–water partition coefficient (Wildman–Crippen LogP) is 3.43. The number of hydrogen-bond acceptors (Lipinski definition) is 4. The maximum absolute atomic E-state index is 5.90. The fourth-order valence-corrected chi connectivity index (χ4v) is 2.80. The summed E-state index contributed by atoms with van der Waals surface area (Å²) in [6.45, 7) is 4.76. The van der Waals surface area contributed by atoms with Gasteiger partial charge in [-0.2, -0.15) is 0 Å². The lowest BCUT2D eigenvalue weighted by Gasteiger charge is -2.30. The molecule has 0 saturated carbocycles. The van der Waals surface area contributed by atoms with Crippen LogP contribution in [0.3, 0.4) is 0 Å². The number of nitrogens with one attached hydrogen (secondary N) is 1. The molecule has 2 unspecified atom stereocenters. The molecule has 1 saturated heterocycles. The van der Waals surface area contributed by atoms with E-state index in [4.69, 9.17) is 4.74 Å². The van der Waals surface area contributed by atoms with Gasteiger partial charge in [0, 0.05) is 24.0 Å². The standard InChI is InChI=1S/C17H21N3O/c1-12-10-13(2)19-17(18-12)20-15-8-9-21-16(11-15)14-6-4-3-5-7-14/h3-7,10,15-16H,8-9,11H2,1-2H3,(H,18,19,20). The van der Waals surface area contributed by atoms with E-state index in [2.05, 4.69) is 39.6 Å². The first kappa shape index (κ1) is 14.0. The first-order valence-corrected chi connectivity index (χ1v) is 7.46. The van der Waals surface area contributed by atoms with E-state index in [1.54, 1.807) is 0 Å². The Morgan fingerprint density at radius 2 is 1.81 bits per heavy atom. The van der Waals surface area contributed by atoms with Crippen LogP contribution in [0.1, 0.15) is 35.9 Å². The van der Waals surface area contributed by atoms with Gasteiger partial charge in [-0.05, 0) is 38.3 Å². The Bertz CT molecular complexity index is 580. The van der Waals surface area contributed by atoms with Crippen molar-refractivity contribution in [3.05, 3.63) is 53.3 Å². The molecule has 21 heavy (non-hydrogen) atoms. The third-order valence-corrected chi connectivity index (χ3v) is 3.77. The van der Waals surface area contributed by atoms with E-state index in [0.29, 0.717) is 6.04 Å². The predicted molar refractivity (Wildman–Crippen MR) is 83.3 cm³/mol. The largest absolute Gasteiger partial charge is 0.373 e. The van der Waals surface area contributed by atoms with Crippen LogP contribution in [0.4, 0.5) is 5.95 Å². The quantitative estimate of drug-likeness (QED) is 0.937. The van der Waals surface area contributed by atoms with Crippen LogP contribution in [-0.4, -0.2) is 22.6 Å². The molecule has 2 heterocycles. The number of hydrogen-bond donors (Lipinski definition) is 1. The molecule has 1 aromatic heterocycles. The molecule has 0 aliphatic carbocycles. The van der Waals surface area contributed by atoms with E-state index in [1.807, 2.05) is 26.0 Å². The van der Waals surface area contributed by atoms with Crippen molar-refractivity contribution >= 4 is 5.95 Å². The van der Waals surface area contributed by atoms with E-state index in [0.717, 1.165) is 36.8 Å². The van der Waals surface area contributed by atoms with Crippen molar-refractivity contribution in [2.24, 2.45) is 0 Å². The van der Waals surface area contributed by atoms with Gasteiger partial charge in [0.05, 0.1) is 6.10 Å². The first-order valence-electron chi connectivity index (χ1n) is 7.46. The molecule has 1 aliphatic heterocycles. The highest BCUT2D eigenvalue weighted by Gasteiger charge is 2.24. The number of benzene rings is 1. The second-order valence-corrected chi connectivity index (χ2v) is 5.61. The molecule has 1 fully saturated rings. The molecule has 4 heteroatoms. The molecule has 1 N–H and O–H groups in total. The molecular formula is C17H21N3O. The Hall–Kier alpha value is -1.94. The molecular weight excluding hydrogens is 262 g/mol. The van der Waals surface area contributed by atoms with Crippen LogP contribution >= 0.6 is 0 Å². The number of aromatic nitrogens is 2. The second kappa shape index (κ2) is 6.22. The van der Waals surface area contributed by atoms with Gasteiger partial charge >= 0.3 is 0 Å². The van der Waals surface area contributed by atoms with Gasteiger partial charge < -0.3 is 10.1 Å². The van der Waals surface area contributed by atoms with Crippen LogP contribution < -0.4 is 5.32 Å². The maximum Gasteiger partial charge on any atom is 0.223 e. The molecule has 0 bridgehead atoms. The number of rotatable bonds is 3. The van der Waals surface area contributed by atoms with Gasteiger partial charge in [-0.25, -0.2) is 9.97 Å². The summed E-state index contributed by atoms with van der Waals surface area (Å²) in [5.74, 6) is 0.728. The summed E-state index contributed by atoms with van der Waals surface area (Å²) in [6.07, 6.45) is 2.09. The van der Waals surface area contributed by atoms with E-state index < -0.39 is 0 Å². The lowest BCUT2D eigenvalue weighted by Crippen LogP contribution is -2.30. The van der Waals surface area contributed by atoms with Gasteiger partial charge in [-0.1, -0.05) is 30.3 Å². The summed E-state index contributed by atoms with van der Waals surface area (Å²) in [4.78, 5) is 8.93. The van der Waals surface area contributed by atoms with E-state index in [1.165, 1.54) is 5.56 Å². The van der Waals surface area contributed by atoms with E-state index in [9.17, 15) is 0 Å². The van der Waals surface area contributed by atoms with Crippen molar-refractivity contribution in [2.45, 2.75) is 38.8 Å². The summed E-state index contributed by atoms with van der Waals surface area (Å²) in [5, 5.41) is 3.46. The van der Waals surface area contributed by atoms with Crippen LogP contribution in [0.15, 0.2) is 36.4 Å². The van der Waals surface area contributed by atoms with Crippen LogP contribution in [-0.2, 0) is 4.74 Å². The molecule has 0 spiro atoms. The third-order valence-electron chi connectivity index (χ3n) is 3.77. The van der Waals surface area contributed by atoms with Crippen molar-refractivity contribution < 1.29 is 4.74 Å². The highest BCUT2D eigenvalue weighted by atomic mass is 16.5. The molecule has 3 rings (SSSR count). The lowest BCUT2D eigenvalue weighted by molar-refractivity contribution is 0.00969. The molecule has 0 amide bonds. The average Bonchev–Trinajstić information content (AvgIpc) is 2.47. The fraction of sp³-hybridized carbons (Fsp3) is 0.412. The zero-order valence-corrected chi connectivity index (χ0v) is 12.5. The molecule has 1 aromatic carbocycles. The van der Waals surface area contributed by atoms with Crippen molar-refractivity contribution in [2.75, 3.05) is 11.9 Å². The Balaban J connectivity index is 1.69. The molecule has 110 valence electrons. The van der Waals surface area contributed by atoms with Gasteiger partial charge in [-0.3, -0.25) is 0 Å². The normalized spacial score (nSPS) is 22.0. The first-order chi connectivity index (χ1) is 10.2.